The number of carbonyl (C=O) groups is 4. The van der Waals surface area contributed by atoms with E-state index in [1.165, 1.54) is 61.9 Å². The summed E-state index contributed by atoms with van der Waals surface area (Å²) in [7, 11) is 0. The van der Waals surface area contributed by atoms with Crippen molar-refractivity contribution in [2.45, 2.75) is 38.0 Å². The lowest BCUT2D eigenvalue weighted by molar-refractivity contribution is 0.0474. The van der Waals surface area contributed by atoms with Gasteiger partial charge in [-0.15, -0.1) is 0 Å². The van der Waals surface area contributed by atoms with Crippen LogP contribution in [-0.4, -0.2) is 30.2 Å². The Hall–Kier alpha value is -4.06. The summed E-state index contributed by atoms with van der Waals surface area (Å²) in [6.07, 6.45) is 6.18. The Bertz CT molecular complexity index is 1250. The summed E-state index contributed by atoms with van der Waals surface area (Å²) in [5.41, 5.74) is 3.07. The van der Waals surface area contributed by atoms with Crippen molar-refractivity contribution in [1.82, 2.24) is 0 Å². The minimum absolute atomic E-state index is 0.228. The van der Waals surface area contributed by atoms with Crippen LogP contribution in [0.15, 0.2) is 72.8 Å². The first-order valence-corrected chi connectivity index (χ1v) is 11.9. The lowest BCUT2D eigenvalue weighted by Crippen LogP contribution is -2.29. The van der Waals surface area contributed by atoms with Crippen molar-refractivity contribution >= 4 is 29.3 Å². The Morgan fingerprint density at radius 2 is 1.31 bits per heavy atom. The molecular weight excluding hydrogens is 442 g/mol. The maximum atomic E-state index is 12.6. The fraction of sp³-hybridized carbons (Fsp3) is 0.241. The number of anilines is 1. The van der Waals surface area contributed by atoms with Crippen LogP contribution in [0.5, 0.6) is 0 Å². The fourth-order valence-electron chi connectivity index (χ4n) is 4.85. The van der Waals surface area contributed by atoms with Gasteiger partial charge in [0.1, 0.15) is 0 Å². The number of ketones is 1. The monoisotopic (exact) mass is 467 g/mol. The van der Waals surface area contributed by atoms with Crippen LogP contribution >= 0.6 is 0 Å². The number of imide groups is 1. The average molecular weight is 468 g/mol. The molecule has 3 aromatic carbocycles. The summed E-state index contributed by atoms with van der Waals surface area (Å²) in [5, 5.41) is 0. The number of rotatable bonds is 6. The number of fused-ring (bicyclic) bond motifs is 1. The molecule has 3 aromatic rings. The van der Waals surface area contributed by atoms with Gasteiger partial charge >= 0.3 is 5.97 Å². The topological polar surface area (TPSA) is 80.8 Å². The van der Waals surface area contributed by atoms with E-state index in [2.05, 4.69) is 0 Å². The molecule has 35 heavy (non-hydrogen) atoms. The van der Waals surface area contributed by atoms with Gasteiger partial charge in [-0.2, -0.15) is 0 Å². The summed E-state index contributed by atoms with van der Waals surface area (Å²) >= 11 is 0. The van der Waals surface area contributed by atoms with Crippen molar-refractivity contribution in [1.29, 1.82) is 0 Å². The molecule has 0 aromatic heterocycles. The highest BCUT2D eigenvalue weighted by Crippen LogP contribution is 2.32. The highest BCUT2D eigenvalue weighted by molar-refractivity contribution is 6.34. The number of hydrogen-bond acceptors (Lipinski definition) is 5. The molecule has 2 amide bonds. The van der Waals surface area contributed by atoms with Gasteiger partial charge in [-0.3, -0.25) is 14.4 Å². The molecule has 1 saturated carbocycles. The summed E-state index contributed by atoms with van der Waals surface area (Å²) < 4.78 is 5.21. The van der Waals surface area contributed by atoms with Crippen LogP contribution in [0.1, 0.15) is 85.0 Å². The molecule has 0 saturated heterocycles. The molecular formula is C29H25NO5. The Labute approximate surface area is 203 Å². The second-order valence-corrected chi connectivity index (χ2v) is 8.99. The number of amides is 2. The Morgan fingerprint density at radius 1 is 0.743 bits per heavy atom. The van der Waals surface area contributed by atoms with Crippen molar-refractivity contribution in [3.8, 4) is 0 Å². The zero-order valence-corrected chi connectivity index (χ0v) is 19.2. The zero-order chi connectivity index (χ0) is 24.4. The van der Waals surface area contributed by atoms with Crippen LogP contribution in [0.25, 0.3) is 0 Å². The van der Waals surface area contributed by atoms with E-state index >= 15 is 0 Å². The first-order chi connectivity index (χ1) is 17.0. The minimum atomic E-state index is -0.647. The van der Waals surface area contributed by atoms with Crippen LogP contribution in [0.4, 0.5) is 5.69 Å². The molecule has 0 N–H and O–H groups in total. The van der Waals surface area contributed by atoms with Crippen LogP contribution in [-0.2, 0) is 4.74 Å². The quantitative estimate of drug-likeness (QED) is 0.269. The number of nitrogens with zero attached hydrogens (tertiary/aromatic N) is 1. The predicted molar refractivity (Wildman–Crippen MR) is 131 cm³/mol. The van der Waals surface area contributed by atoms with Crippen LogP contribution < -0.4 is 4.90 Å². The molecule has 1 heterocycles. The van der Waals surface area contributed by atoms with E-state index in [-0.39, 0.29) is 18.0 Å². The van der Waals surface area contributed by atoms with Crippen LogP contribution in [0, 0.1) is 0 Å². The molecule has 2 aliphatic rings. The average Bonchev–Trinajstić information content (AvgIpc) is 3.17. The van der Waals surface area contributed by atoms with E-state index in [4.69, 9.17) is 4.74 Å². The van der Waals surface area contributed by atoms with Crippen molar-refractivity contribution in [2.24, 2.45) is 0 Å². The van der Waals surface area contributed by atoms with Gasteiger partial charge in [-0.05, 0) is 60.7 Å². The first kappa shape index (κ1) is 22.7. The van der Waals surface area contributed by atoms with Crippen molar-refractivity contribution in [2.75, 3.05) is 11.5 Å². The summed E-state index contributed by atoms with van der Waals surface area (Å²) in [4.78, 5) is 51.3. The van der Waals surface area contributed by atoms with Gasteiger partial charge in [-0.25, -0.2) is 9.69 Å². The van der Waals surface area contributed by atoms with Crippen LogP contribution in [0.2, 0.25) is 0 Å². The third-order valence-electron chi connectivity index (χ3n) is 6.80. The highest BCUT2D eigenvalue weighted by Gasteiger charge is 2.36. The summed E-state index contributed by atoms with van der Waals surface area (Å²) in [5.74, 6) is -1.15. The van der Waals surface area contributed by atoms with Gasteiger partial charge in [-0.1, -0.05) is 55.7 Å². The van der Waals surface area contributed by atoms with Gasteiger partial charge in [0.05, 0.1) is 22.4 Å². The lowest BCUT2D eigenvalue weighted by atomic mass is 9.84. The largest absolute Gasteiger partial charge is 0.454 e. The molecule has 0 bridgehead atoms. The minimum Gasteiger partial charge on any atom is -0.454 e. The number of ether oxygens (including phenoxy) is 1. The maximum absolute atomic E-state index is 12.6. The predicted octanol–water partition coefficient (Wildman–Crippen LogP) is 5.57. The molecule has 6 heteroatoms. The lowest BCUT2D eigenvalue weighted by Gasteiger charge is -2.22. The molecule has 0 unspecified atom stereocenters. The summed E-state index contributed by atoms with van der Waals surface area (Å²) in [6, 6.07) is 20.2. The number of hydrogen-bond donors (Lipinski definition) is 0. The standard InChI is InChI=1S/C29H25NO5/c31-26(21-12-10-20(11-13-21)19-6-2-1-3-7-19)18-35-29(34)22-14-16-23(17-15-22)30-27(32)24-8-4-5-9-25(24)28(30)33/h4-5,8-17,19H,1-3,6-7,18H2. The smallest absolute Gasteiger partial charge is 0.338 e. The van der Waals surface area contributed by atoms with Crippen molar-refractivity contribution in [3.63, 3.8) is 0 Å². The fourth-order valence-corrected chi connectivity index (χ4v) is 4.85. The molecule has 1 aliphatic heterocycles. The molecule has 0 radical (unpaired) electrons. The Kier molecular flexibility index (Phi) is 6.27. The maximum Gasteiger partial charge on any atom is 0.338 e. The van der Waals surface area contributed by atoms with Gasteiger partial charge in [0.2, 0.25) is 0 Å². The van der Waals surface area contributed by atoms with E-state index in [9.17, 15) is 19.2 Å². The second kappa shape index (κ2) is 9.66. The Balaban J connectivity index is 1.19. The number of carbonyl (C=O) groups excluding carboxylic acids is 4. The number of Topliss-reactive ketones (excluding diaryl/α,β-unsaturated/α-hetero) is 1. The SMILES string of the molecule is O=C(COC(=O)c1ccc(N2C(=O)c3ccccc3C2=O)cc1)c1ccc(C2CCCCC2)cc1. The molecule has 176 valence electrons. The molecule has 1 fully saturated rings. The Morgan fingerprint density at radius 3 is 1.91 bits per heavy atom. The van der Waals surface area contributed by atoms with Crippen LogP contribution in [0.3, 0.4) is 0 Å². The van der Waals surface area contributed by atoms with E-state index in [1.54, 1.807) is 36.4 Å². The summed E-state index contributed by atoms with van der Waals surface area (Å²) in [6.45, 7) is -0.359. The second-order valence-electron chi connectivity index (χ2n) is 8.99. The molecule has 6 nitrogen and oxygen atoms in total. The van der Waals surface area contributed by atoms with Gasteiger partial charge in [0, 0.05) is 5.56 Å². The molecule has 0 spiro atoms. The molecule has 5 rings (SSSR count). The zero-order valence-electron chi connectivity index (χ0n) is 19.2. The third kappa shape index (κ3) is 4.52. The van der Waals surface area contributed by atoms with E-state index in [0.717, 1.165) is 4.90 Å². The highest BCUT2D eigenvalue weighted by atomic mass is 16.5. The van der Waals surface area contributed by atoms with Gasteiger partial charge in [0.15, 0.2) is 12.4 Å². The van der Waals surface area contributed by atoms with E-state index in [0.29, 0.717) is 28.3 Å². The normalized spacial score (nSPS) is 15.7. The first-order valence-electron chi connectivity index (χ1n) is 11.9. The van der Waals surface area contributed by atoms with Gasteiger partial charge in [0.25, 0.3) is 11.8 Å². The number of benzene rings is 3. The molecule has 0 atom stereocenters. The van der Waals surface area contributed by atoms with Crippen molar-refractivity contribution < 1.29 is 23.9 Å². The third-order valence-corrected chi connectivity index (χ3v) is 6.80. The van der Waals surface area contributed by atoms with Crippen molar-refractivity contribution in [3.05, 3.63) is 101 Å². The van der Waals surface area contributed by atoms with E-state index in [1.807, 2.05) is 12.1 Å². The van der Waals surface area contributed by atoms with E-state index < -0.39 is 17.8 Å². The molecule has 1 aliphatic carbocycles. The number of esters is 1. The van der Waals surface area contributed by atoms with Gasteiger partial charge < -0.3 is 4.74 Å².